The van der Waals surface area contributed by atoms with Gasteiger partial charge >= 0.3 is 0 Å². The second kappa shape index (κ2) is 12.1. The van der Waals surface area contributed by atoms with Crippen LogP contribution in [0.15, 0.2) is 77.5 Å². The van der Waals surface area contributed by atoms with Gasteiger partial charge in [-0.05, 0) is 91.9 Å². The van der Waals surface area contributed by atoms with E-state index in [9.17, 15) is 4.39 Å². The Labute approximate surface area is 214 Å². The first-order valence-corrected chi connectivity index (χ1v) is 13.0. The van der Waals surface area contributed by atoms with Gasteiger partial charge in [-0.1, -0.05) is 50.2 Å². The average molecular weight is 486 g/mol. The average Bonchev–Trinajstić information content (AvgIpc) is 3.46. The van der Waals surface area contributed by atoms with E-state index in [1.807, 2.05) is 38.1 Å². The Morgan fingerprint density at radius 3 is 2.31 bits per heavy atom. The first-order chi connectivity index (χ1) is 17.6. The van der Waals surface area contributed by atoms with Gasteiger partial charge in [0.1, 0.15) is 5.76 Å². The van der Waals surface area contributed by atoms with E-state index in [4.69, 9.17) is 4.42 Å². The third-order valence-corrected chi connectivity index (χ3v) is 6.81. The van der Waals surface area contributed by atoms with E-state index < -0.39 is 5.95 Å². The number of nitrogens with zero attached hydrogens (tertiary/aromatic N) is 1. The Morgan fingerprint density at radius 2 is 1.53 bits per heavy atom. The van der Waals surface area contributed by atoms with Crippen LogP contribution in [0.25, 0.3) is 22.5 Å². The predicted molar refractivity (Wildman–Crippen MR) is 145 cm³/mol. The molecular weight excluding hydrogens is 449 g/mol. The number of aromatic nitrogens is 1. The van der Waals surface area contributed by atoms with E-state index >= 15 is 0 Å². The number of fused-ring (bicyclic) bond motifs is 2. The Morgan fingerprint density at radius 1 is 0.806 bits per heavy atom. The molecule has 4 nitrogen and oxygen atoms in total. The van der Waals surface area contributed by atoms with Gasteiger partial charge in [0.15, 0.2) is 0 Å². The van der Waals surface area contributed by atoms with Crippen LogP contribution in [0, 0.1) is 5.95 Å². The standard InChI is InChI=1S/C15H15FN2.C14H15NO.C2H6/c1-10-11-4-2-5-12(13(11)7-9-17-10)14-6-3-8-18-15(14)16;1-10-14-11(7-8-15-10)4-2-5-12(14)13-6-3-9-16-13;1-2/h2-6,8,10,17H,7,9H2,1H3;2-6,9-10,15H,7-8H2,1H3;1-2H3. The molecule has 0 fully saturated rings. The zero-order valence-electron chi connectivity index (χ0n) is 21.6. The molecule has 5 heteroatoms. The maximum atomic E-state index is 13.8. The lowest BCUT2D eigenvalue weighted by atomic mass is 9.88. The summed E-state index contributed by atoms with van der Waals surface area (Å²) in [5.74, 6) is 0.574. The van der Waals surface area contributed by atoms with Crippen LogP contribution >= 0.6 is 0 Å². The van der Waals surface area contributed by atoms with Crippen molar-refractivity contribution in [1.82, 2.24) is 15.6 Å². The highest BCUT2D eigenvalue weighted by Crippen LogP contribution is 2.34. The Bertz CT molecular complexity index is 1270. The van der Waals surface area contributed by atoms with Crippen molar-refractivity contribution in [3.05, 3.63) is 101 Å². The second-order valence-electron chi connectivity index (χ2n) is 8.92. The van der Waals surface area contributed by atoms with Gasteiger partial charge in [0.2, 0.25) is 5.95 Å². The third-order valence-electron chi connectivity index (χ3n) is 6.81. The van der Waals surface area contributed by atoms with Gasteiger partial charge < -0.3 is 15.1 Å². The van der Waals surface area contributed by atoms with Gasteiger partial charge in [-0.3, -0.25) is 0 Å². The molecular formula is C31H36FN3O. The summed E-state index contributed by atoms with van der Waals surface area (Å²) in [6, 6.07) is 20.8. The summed E-state index contributed by atoms with van der Waals surface area (Å²) in [4.78, 5) is 3.74. The van der Waals surface area contributed by atoms with Gasteiger partial charge in [-0.2, -0.15) is 4.39 Å². The smallest absolute Gasteiger partial charge is 0.220 e. The molecule has 0 radical (unpaired) electrons. The molecule has 0 spiro atoms. The second-order valence-corrected chi connectivity index (χ2v) is 8.92. The monoisotopic (exact) mass is 485 g/mol. The molecule has 0 amide bonds. The maximum Gasteiger partial charge on any atom is 0.220 e. The van der Waals surface area contributed by atoms with Crippen molar-refractivity contribution in [3.63, 3.8) is 0 Å². The molecule has 4 heterocycles. The molecule has 0 aliphatic carbocycles. The molecule has 2 aromatic carbocycles. The van der Waals surface area contributed by atoms with E-state index in [1.165, 1.54) is 34.0 Å². The van der Waals surface area contributed by atoms with Crippen LogP contribution in [0.1, 0.15) is 62.0 Å². The number of hydrogen-bond donors (Lipinski definition) is 2. The lowest BCUT2D eigenvalue weighted by molar-refractivity contribution is 0.536. The molecule has 36 heavy (non-hydrogen) atoms. The highest BCUT2D eigenvalue weighted by atomic mass is 19.1. The Hall–Kier alpha value is -3.28. The van der Waals surface area contributed by atoms with Crippen molar-refractivity contribution >= 4 is 0 Å². The lowest BCUT2D eigenvalue weighted by Crippen LogP contribution is -2.28. The lowest BCUT2D eigenvalue weighted by Gasteiger charge is -2.26. The zero-order valence-corrected chi connectivity index (χ0v) is 21.6. The van der Waals surface area contributed by atoms with E-state index in [1.54, 1.807) is 18.4 Å². The number of pyridine rings is 1. The van der Waals surface area contributed by atoms with Crippen molar-refractivity contribution in [2.45, 2.75) is 52.6 Å². The Balaban J connectivity index is 0.000000159. The molecule has 2 aliphatic heterocycles. The van der Waals surface area contributed by atoms with Gasteiger partial charge in [-0.25, -0.2) is 4.98 Å². The largest absolute Gasteiger partial charge is 0.464 e. The highest BCUT2D eigenvalue weighted by molar-refractivity contribution is 5.69. The quantitative estimate of drug-likeness (QED) is 0.293. The molecule has 2 aliphatic rings. The van der Waals surface area contributed by atoms with Gasteiger partial charge in [0, 0.05) is 29.4 Å². The van der Waals surface area contributed by atoms with Crippen LogP contribution in [-0.2, 0) is 12.8 Å². The topological polar surface area (TPSA) is 50.1 Å². The van der Waals surface area contributed by atoms with E-state index in [0.717, 1.165) is 37.3 Å². The van der Waals surface area contributed by atoms with Crippen LogP contribution in [0.3, 0.4) is 0 Å². The summed E-state index contributed by atoms with van der Waals surface area (Å²) in [5, 5.41) is 6.92. The van der Waals surface area contributed by atoms with Crippen LogP contribution in [-0.4, -0.2) is 18.1 Å². The fourth-order valence-electron chi connectivity index (χ4n) is 5.17. The SMILES string of the molecule is CC.CC1NCCc2c(-c3cccnc3F)cccc21.CC1NCCc2cccc(-c3ccco3)c21. The summed E-state index contributed by atoms with van der Waals surface area (Å²) < 4.78 is 19.3. The van der Waals surface area contributed by atoms with Crippen LogP contribution in [0.4, 0.5) is 4.39 Å². The Kier molecular flexibility index (Phi) is 8.68. The van der Waals surface area contributed by atoms with Crippen molar-refractivity contribution in [2.75, 3.05) is 13.1 Å². The minimum Gasteiger partial charge on any atom is -0.464 e. The summed E-state index contributed by atoms with van der Waals surface area (Å²) in [6.07, 6.45) is 5.26. The number of halogens is 1. The summed E-state index contributed by atoms with van der Waals surface area (Å²) in [7, 11) is 0. The summed E-state index contributed by atoms with van der Waals surface area (Å²) in [5.41, 5.74) is 8.15. The molecule has 0 saturated heterocycles. The fraction of sp³-hybridized carbons (Fsp3) is 0.323. The normalized spacial score (nSPS) is 18.0. The van der Waals surface area contributed by atoms with Crippen molar-refractivity contribution in [2.24, 2.45) is 0 Å². The number of rotatable bonds is 2. The number of nitrogens with one attached hydrogen (secondary N) is 2. The van der Waals surface area contributed by atoms with Gasteiger partial charge in [-0.15, -0.1) is 0 Å². The van der Waals surface area contributed by atoms with Gasteiger partial charge in [0.05, 0.1) is 6.26 Å². The predicted octanol–water partition coefficient (Wildman–Crippen LogP) is 7.27. The van der Waals surface area contributed by atoms with Crippen molar-refractivity contribution < 1.29 is 8.81 Å². The first kappa shape index (κ1) is 25.8. The molecule has 2 atom stereocenters. The zero-order chi connectivity index (χ0) is 25.5. The molecule has 0 saturated carbocycles. The molecule has 4 aromatic rings. The van der Waals surface area contributed by atoms with Gasteiger partial charge in [0.25, 0.3) is 0 Å². The fourth-order valence-corrected chi connectivity index (χ4v) is 5.17. The molecule has 6 rings (SSSR count). The van der Waals surface area contributed by atoms with Crippen LogP contribution in [0.5, 0.6) is 0 Å². The molecule has 188 valence electrons. The van der Waals surface area contributed by atoms with E-state index in [2.05, 4.69) is 53.7 Å². The minimum absolute atomic E-state index is 0.327. The van der Waals surface area contributed by atoms with Crippen molar-refractivity contribution in [1.29, 1.82) is 0 Å². The molecule has 2 aromatic heterocycles. The number of benzene rings is 2. The molecule has 2 N–H and O–H groups in total. The van der Waals surface area contributed by atoms with Crippen LogP contribution in [0.2, 0.25) is 0 Å². The minimum atomic E-state index is -0.392. The van der Waals surface area contributed by atoms with E-state index in [-0.39, 0.29) is 0 Å². The first-order valence-electron chi connectivity index (χ1n) is 13.0. The van der Waals surface area contributed by atoms with E-state index in [0.29, 0.717) is 17.6 Å². The third kappa shape index (κ3) is 5.43. The van der Waals surface area contributed by atoms with Crippen LogP contribution < -0.4 is 10.6 Å². The highest BCUT2D eigenvalue weighted by Gasteiger charge is 2.21. The molecule has 2 unspecified atom stereocenters. The number of furan rings is 1. The summed E-state index contributed by atoms with van der Waals surface area (Å²) in [6.45, 7) is 10.4. The number of hydrogen-bond acceptors (Lipinski definition) is 4. The maximum absolute atomic E-state index is 13.8. The van der Waals surface area contributed by atoms with Crippen molar-refractivity contribution in [3.8, 4) is 22.5 Å². The summed E-state index contributed by atoms with van der Waals surface area (Å²) >= 11 is 0. The molecule has 0 bridgehead atoms.